The second-order valence-electron chi connectivity index (χ2n) is 5.64. The van der Waals surface area contributed by atoms with Gasteiger partial charge in [0.15, 0.2) is 0 Å². The van der Waals surface area contributed by atoms with E-state index in [-0.39, 0.29) is 16.0 Å². The lowest BCUT2D eigenvalue weighted by molar-refractivity contribution is -0.117. The zero-order valence-electron chi connectivity index (χ0n) is 12.1. The van der Waals surface area contributed by atoms with Crippen LogP contribution in [0.4, 0.5) is 5.69 Å². The van der Waals surface area contributed by atoms with Gasteiger partial charge in [0.25, 0.3) is 0 Å². The van der Waals surface area contributed by atoms with Crippen molar-refractivity contribution in [1.82, 2.24) is 0 Å². The first-order valence-electron chi connectivity index (χ1n) is 7.32. The average molecular weight is 291 g/mol. The molecule has 1 spiro atoms. The minimum absolute atomic E-state index is 0.0106. The molecule has 1 heterocycles. The molecule has 2 fully saturated rings. The van der Waals surface area contributed by atoms with E-state index in [1.54, 1.807) is 7.11 Å². The molecule has 1 aliphatic heterocycles. The SMILES string of the molecule is COc1ccc(N2C(=O)[C@@H](C)SC23CCCCC3)cc1. The number of thioether (sulfide) groups is 1. The number of anilines is 1. The number of hydrogen-bond acceptors (Lipinski definition) is 3. The van der Waals surface area contributed by atoms with E-state index in [0.717, 1.165) is 24.3 Å². The molecule has 0 N–H and O–H groups in total. The van der Waals surface area contributed by atoms with Crippen molar-refractivity contribution >= 4 is 23.4 Å². The number of nitrogens with zero attached hydrogens (tertiary/aromatic N) is 1. The molecule has 3 rings (SSSR count). The smallest absolute Gasteiger partial charge is 0.241 e. The Labute approximate surface area is 124 Å². The molecule has 1 atom stereocenters. The third-order valence-electron chi connectivity index (χ3n) is 4.34. The summed E-state index contributed by atoms with van der Waals surface area (Å²) in [6.45, 7) is 2.03. The van der Waals surface area contributed by atoms with Crippen LogP contribution in [0.2, 0.25) is 0 Å². The molecule has 1 aromatic rings. The van der Waals surface area contributed by atoms with Gasteiger partial charge in [-0.2, -0.15) is 0 Å². The highest BCUT2D eigenvalue weighted by atomic mass is 32.2. The van der Waals surface area contributed by atoms with Gasteiger partial charge in [-0.1, -0.05) is 19.3 Å². The number of benzene rings is 1. The van der Waals surface area contributed by atoms with E-state index in [2.05, 4.69) is 4.90 Å². The zero-order chi connectivity index (χ0) is 14.2. The van der Waals surface area contributed by atoms with Gasteiger partial charge in [-0.25, -0.2) is 0 Å². The second kappa shape index (κ2) is 5.32. The lowest BCUT2D eigenvalue weighted by Gasteiger charge is -2.40. The quantitative estimate of drug-likeness (QED) is 0.829. The van der Waals surface area contributed by atoms with Crippen LogP contribution in [-0.2, 0) is 4.79 Å². The van der Waals surface area contributed by atoms with Crippen molar-refractivity contribution in [3.63, 3.8) is 0 Å². The maximum absolute atomic E-state index is 12.6. The third-order valence-corrected chi connectivity index (χ3v) is 5.92. The fourth-order valence-corrected chi connectivity index (χ4v) is 5.04. The topological polar surface area (TPSA) is 29.5 Å². The van der Waals surface area contributed by atoms with Crippen LogP contribution in [0.5, 0.6) is 5.75 Å². The number of hydrogen-bond donors (Lipinski definition) is 0. The molecule has 1 aliphatic carbocycles. The number of ether oxygens (including phenoxy) is 1. The van der Waals surface area contributed by atoms with Gasteiger partial charge in [-0.15, -0.1) is 11.8 Å². The predicted molar refractivity (Wildman–Crippen MR) is 83.3 cm³/mol. The highest BCUT2D eigenvalue weighted by molar-refractivity contribution is 8.02. The summed E-state index contributed by atoms with van der Waals surface area (Å²) in [6, 6.07) is 7.89. The van der Waals surface area contributed by atoms with E-state index in [9.17, 15) is 4.79 Å². The summed E-state index contributed by atoms with van der Waals surface area (Å²) in [5, 5.41) is 0.0650. The Balaban J connectivity index is 1.96. The monoisotopic (exact) mass is 291 g/mol. The number of methoxy groups -OCH3 is 1. The molecule has 108 valence electrons. The van der Waals surface area contributed by atoms with Gasteiger partial charge >= 0.3 is 0 Å². The van der Waals surface area contributed by atoms with Gasteiger partial charge in [-0.05, 0) is 44.0 Å². The molecular weight excluding hydrogens is 270 g/mol. The van der Waals surface area contributed by atoms with Crippen LogP contribution in [0.1, 0.15) is 39.0 Å². The Hall–Kier alpha value is -1.16. The lowest BCUT2D eigenvalue weighted by Crippen LogP contribution is -2.46. The molecule has 0 bridgehead atoms. The molecule has 20 heavy (non-hydrogen) atoms. The van der Waals surface area contributed by atoms with Crippen LogP contribution in [0.25, 0.3) is 0 Å². The average Bonchev–Trinajstić information content (AvgIpc) is 2.71. The van der Waals surface area contributed by atoms with E-state index in [1.807, 2.05) is 43.0 Å². The van der Waals surface area contributed by atoms with Crippen molar-refractivity contribution in [2.24, 2.45) is 0 Å². The van der Waals surface area contributed by atoms with E-state index >= 15 is 0 Å². The second-order valence-corrected chi connectivity index (χ2v) is 7.34. The summed E-state index contributed by atoms with van der Waals surface area (Å²) >= 11 is 1.85. The Bertz CT molecular complexity index is 494. The molecule has 0 aromatic heterocycles. The van der Waals surface area contributed by atoms with Crippen molar-refractivity contribution in [1.29, 1.82) is 0 Å². The molecule has 3 nitrogen and oxygen atoms in total. The fraction of sp³-hybridized carbons (Fsp3) is 0.562. The van der Waals surface area contributed by atoms with Gasteiger partial charge in [-0.3, -0.25) is 9.69 Å². The molecule has 1 saturated heterocycles. The van der Waals surface area contributed by atoms with Gasteiger partial charge in [0, 0.05) is 5.69 Å². The highest BCUT2D eigenvalue weighted by Gasteiger charge is 2.50. The van der Waals surface area contributed by atoms with Crippen LogP contribution in [0.3, 0.4) is 0 Å². The van der Waals surface area contributed by atoms with Crippen LogP contribution < -0.4 is 9.64 Å². The summed E-state index contributed by atoms with van der Waals surface area (Å²) in [4.78, 5) is 14.7. The van der Waals surface area contributed by atoms with Crippen molar-refractivity contribution < 1.29 is 9.53 Å². The summed E-state index contributed by atoms with van der Waals surface area (Å²) in [6.07, 6.45) is 5.96. The van der Waals surface area contributed by atoms with Gasteiger partial charge < -0.3 is 4.74 Å². The van der Waals surface area contributed by atoms with Gasteiger partial charge in [0.1, 0.15) is 5.75 Å². The molecule has 1 amide bonds. The molecule has 0 radical (unpaired) electrons. The van der Waals surface area contributed by atoms with Crippen LogP contribution in [0.15, 0.2) is 24.3 Å². The third kappa shape index (κ3) is 2.20. The molecular formula is C16H21NO2S. The molecule has 1 saturated carbocycles. The first kappa shape index (κ1) is 13.8. The minimum Gasteiger partial charge on any atom is -0.497 e. The maximum atomic E-state index is 12.6. The summed E-state index contributed by atoms with van der Waals surface area (Å²) in [7, 11) is 1.66. The van der Waals surface area contributed by atoms with E-state index < -0.39 is 0 Å². The largest absolute Gasteiger partial charge is 0.497 e. The number of carbonyl (C=O) groups is 1. The van der Waals surface area contributed by atoms with Crippen molar-refractivity contribution in [3.8, 4) is 5.75 Å². The maximum Gasteiger partial charge on any atom is 0.241 e. The molecule has 2 aliphatic rings. The summed E-state index contributed by atoms with van der Waals surface area (Å²) < 4.78 is 5.21. The van der Waals surface area contributed by atoms with Crippen molar-refractivity contribution in [3.05, 3.63) is 24.3 Å². The van der Waals surface area contributed by atoms with E-state index in [0.29, 0.717) is 0 Å². The van der Waals surface area contributed by atoms with Gasteiger partial charge in [0.05, 0.1) is 17.2 Å². The normalized spacial score (nSPS) is 25.2. The standard InChI is InChI=1S/C16H21NO2S/c1-12-15(18)17(13-6-8-14(19-2)9-7-13)16(20-12)10-4-3-5-11-16/h6-9,12H,3-5,10-11H2,1-2H3/t12-/m1/s1. The van der Waals surface area contributed by atoms with E-state index in [4.69, 9.17) is 4.74 Å². The van der Waals surface area contributed by atoms with Crippen molar-refractivity contribution in [2.75, 3.05) is 12.0 Å². The molecule has 0 unspecified atom stereocenters. The first-order valence-corrected chi connectivity index (χ1v) is 8.20. The fourth-order valence-electron chi connectivity index (χ4n) is 3.35. The van der Waals surface area contributed by atoms with Crippen molar-refractivity contribution in [2.45, 2.75) is 49.1 Å². The van der Waals surface area contributed by atoms with Crippen LogP contribution in [0, 0.1) is 0 Å². The minimum atomic E-state index is -0.0106. The number of carbonyl (C=O) groups excluding carboxylic acids is 1. The Morgan fingerprint density at radius 2 is 1.85 bits per heavy atom. The van der Waals surface area contributed by atoms with Gasteiger partial charge in [0.2, 0.25) is 5.91 Å². The van der Waals surface area contributed by atoms with Crippen LogP contribution >= 0.6 is 11.8 Å². The lowest BCUT2D eigenvalue weighted by atomic mass is 9.93. The summed E-state index contributed by atoms with van der Waals surface area (Å²) in [5.74, 6) is 1.08. The number of rotatable bonds is 2. The Kier molecular flexibility index (Phi) is 3.67. The van der Waals surface area contributed by atoms with E-state index in [1.165, 1.54) is 19.3 Å². The predicted octanol–water partition coefficient (Wildman–Crippen LogP) is 3.82. The van der Waals surface area contributed by atoms with Crippen LogP contribution in [-0.4, -0.2) is 23.1 Å². The zero-order valence-corrected chi connectivity index (χ0v) is 12.9. The Morgan fingerprint density at radius 1 is 1.20 bits per heavy atom. The highest BCUT2D eigenvalue weighted by Crippen LogP contribution is 2.51. The summed E-state index contributed by atoms with van der Waals surface area (Å²) in [5.41, 5.74) is 1.01. The molecule has 1 aromatic carbocycles. The first-order chi connectivity index (χ1) is 9.66. The number of amides is 1. The molecule has 4 heteroatoms. The Morgan fingerprint density at radius 3 is 2.45 bits per heavy atom.